The first-order valence-corrected chi connectivity index (χ1v) is 5.38. The summed E-state index contributed by atoms with van der Waals surface area (Å²) in [7, 11) is 0. The summed E-state index contributed by atoms with van der Waals surface area (Å²) < 4.78 is 36.6. The smallest absolute Gasteiger partial charge is 0.344 e. The van der Waals surface area contributed by atoms with E-state index in [-0.39, 0.29) is 23.5 Å². The van der Waals surface area contributed by atoms with Crippen LogP contribution in [0.4, 0.5) is 8.78 Å². The van der Waals surface area contributed by atoms with Gasteiger partial charge in [-0.1, -0.05) is 0 Å². The van der Waals surface area contributed by atoms with Crippen LogP contribution in [0.3, 0.4) is 0 Å². The molecule has 6 heteroatoms. The van der Waals surface area contributed by atoms with Crippen LogP contribution < -0.4 is 4.74 Å². The maximum absolute atomic E-state index is 13.7. The summed E-state index contributed by atoms with van der Waals surface area (Å²) in [6, 6.07) is 0.799. The van der Waals surface area contributed by atoms with Gasteiger partial charge in [0.2, 0.25) is 0 Å². The van der Waals surface area contributed by atoms with Gasteiger partial charge in [-0.05, 0) is 19.4 Å². The molecule has 0 unspecified atom stereocenters. The molecular formula is C12H14F2O4. The molecule has 1 rings (SSSR count). The number of benzene rings is 1. The van der Waals surface area contributed by atoms with Gasteiger partial charge in [0.25, 0.3) is 0 Å². The highest BCUT2D eigenvalue weighted by Crippen LogP contribution is 2.26. The summed E-state index contributed by atoms with van der Waals surface area (Å²) in [5.41, 5.74) is -0.174. The van der Waals surface area contributed by atoms with Crippen LogP contribution in [0.15, 0.2) is 6.07 Å². The lowest BCUT2D eigenvalue weighted by atomic mass is 10.1. The Morgan fingerprint density at radius 1 is 1.44 bits per heavy atom. The quantitative estimate of drug-likeness (QED) is 0.819. The Kier molecular flexibility index (Phi) is 5.03. The normalized spacial score (nSPS) is 10.3. The molecule has 0 saturated heterocycles. The number of halogens is 2. The Bertz CT molecular complexity index is 446. The molecule has 0 aliphatic rings. The monoisotopic (exact) mass is 260 g/mol. The fourth-order valence-corrected chi connectivity index (χ4v) is 1.40. The molecule has 0 heterocycles. The first-order valence-electron chi connectivity index (χ1n) is 5.38. The number of esters is 1. The molecule has 1 aromatic carbocycles. The van der Waals surface area contributed by atoms with E-state index in [1.165, 1.54) is 6.92 Å². The first-order chi connectivity index (χ1) is 8.51. The number of carbonyl (C=O) groups excluding carboxylic acids is 1. The lowest BCUT2D eigenvalue weighted by Crippen LogP contribution is -2.15. The Morgan fingerprint density at radius 2 is 2.11 bits per heavy atom. The molecule has 18 heavy (non-hydrogen) atoms. The number of ether oxygens (including phenoxy) is 2. The van der Waals surface area contributed by atoms with E-state index in [0.29, 0.717) is 0 Å². The molecule has 0 radical (unpaired) electrons. The van der Waals surface area contributed by atoms with E-state index >= 15 is 0 Å². The highest BCUT2D eigenvalue weighted by molar-refractivity contribution is 5.71. The van der Waals surface area contributed by atoms with Gasteiger partial charge in [-0.2, -0.15) is 0 Å². The van der Waals surface area contributed by atoms with E-state index in [1.54, 1.807) is 6.92 Å². The molecule has 0 aromatic heterocycles. The third kappa shape index (κ3) is 3.16. The van der Waals surface area contributed by atoms with Crippen LogP contribution in [-0.4, -0.2) is 24.3 Å². The van der Waals surface area contributed by atoms with Crippen LogP contribution in [0.5, 0.6) is 5.75 Å². The van der Waals surface area contributed by atoms with E-state index in [0.717, 1.165) is 6.07 Å². The first kappa shape index (κ1) is 14.4. The molecule has 0 amide bonds. The van der Waals surface area contributed by atoms with Crippen molar-refractivity contribution >= 4 is 5.97 Å². The molecule has 0 aliphatic carbocycles. The van der Waals surface area contributed by atoms with Crippen LogP contribution >= 0.6 is 0 Å². The molecule has 0 spiro atoms. The predicted molar refractivity (Wildman–Crippen MR) is 59.1 cm³/mol. The van der Waals surface area contributed by atoms with Crippen LogP contribution in [0.25, 0.3) is 0 Å². The maximum Gasteiger partial charge on any atom is 0.344 e. The van der Waals surface area contributed by atoms with Crippen LogP contribution in [0.1, 0.15) is 18.1 Å². The van der Waals surface area contributed by atoms with Crippen molar-refractivity contribution in [1.29, 1.82) is 0 Å². The molecule has 0 saturated carbocycles. The Hall–Kier alpha value is -1.69. The standard InChI is InChI=1S/C12H14F2O4/c1-3-17-11(16)6-18-10-4-9(13)8(5-15)7(2)12(10)14/h4,15H,3,5-6H2,1-2H3. The van der Waals surface area contributed by atoms with Crippen molar-refractivity contribution in [3.63, 3.8) is 0 Å². The zero-order chi connectivity index (χ0) is 13.7. The van der Waals surface area contributed by atoms with Crippen molar-refractivity contribution in [1.82, 2.24) is 0 Å². The minimum atomic E-state index is -0.801. The van der Waals surface area contributed by atoms with E-state index in [1.807, 2.05) is 0 Å². The zero-order valence-electron chi connectivity index (χ0n) is 10.1. The highest BCUT2D eigenvalue weighted by atomic mass is 19.1. The molecule has 4 nitrogen and oxygen atoms in total. The molecule has 0 atom stereocenters. The Labute approximate surface area is 103 Å². The number of aliphatic hydroxyl groups excluding tert-OH is 1. The summed E-state index contributed by atoms with van der Waals surface area (Å²) in [6.07, 6.45) is 0. The largest absolute Gasteiger partial charge is 0.479 e. The van der Waals surface area contributed by atoms with Crippen LogP contribution in [0.2, 0.25) is 0 Å². The van der Waals surface area contributed by atoms with Gasteiger partial charge in [0.15, 0.2) is 18.2 Å². The topological polar surface area (TPSA) is 55.8 Å². The average molecular weight is 260 g/mol. The minimum Gasteiger partial charge on any atom is -0.479 e. The van der Waals surface area contributed by atoms with Gasteiger partial charge in [-0.25, -0.2) is 13.6 Å². The third-order valence-corrected chi connectivity index (χ3v) is 2.35. The second-order valence-corrected chi connectivity index (χ2v) is 3.53. The van der Waals surface area contributed by atoms with Gasteiger partial charge in [0, 0.05) is 11.6 Å². The summed E-state index contributed by atoms with van der Waals surface area (Å²) in [4.78, 5) is 11.0. The van der Waals surface area contributed by atoms with Crippen molar-refractivity contribution in [3.8, 4) is 5.75 Å². The highest BCUT2D eigenvalue weighted by Gasteiger charge is 2.16. The SMILES string of the molecule is CCOC(=O)COc1cc(F)c(CO)c(C)c1F. The second-order valence-electron chi connectivity index (χ2n) is 3.53. The Balaban J connectivity index is 2.88. The lowest BCUT2D eigenvalue weighted by molar-refractivity contribution is -0.145. The van der Waals surface area contributed by atoms with Gasteiger partial charge in [-0.3, -0.25) is 0 Å². The molecule has 0 bridgehead atoms. The van der Waals surface area contributed by atoms with Gasteiger partial charge < -0.3 is 14.6 Å². The fraction of sp³-hybridized carbons (Fsp3) is 0.417. The zero-order valence-corrected chi connectivity index (χ0v) is 10.1. The average Bonchev–Trinajstić information content (AvgIpc) is 2.33. The number of rotatable bonds is 5. The molecule has 0 fully saturated rings. The van der Waals surface area contributed by atoms with E-state index in [4.69, 9.17) is 9.84 Å². The number of aliphatic hydroxyl groups is 1. The molecule has 1 N–H and O–H groups in total. The molecule has 1 aromatic rings. The number of hydrogen-bond donors (Lipinski definition) is 1. The van der Waals surface area contributed by atoms with Crippen LogP contribution in [0, 0.1) is 18.6 Å². The van der Waals surface area contributed by atoms with Crippen molar-refractivity contribution < 1.29 is 28.2 Å². The third-order valence-electron chi connectivity index (χ3n) is 2.35. The van der Waals surface area contributed by atoms with Gasteiger partial charge in [-0.15, -0.1) is 0 Å². The summed E-state index contributed by atoms with van der Waals surface area (Å²) >= 11 is 0. The van der Waals surface area contributed by atoms with Crippen molar-refractivity contribution in [2.24, 2.45) is 0 Å². The predicted octanol–water partition coefficient (Wildman–Crippen LogP) is 1.71. The van der Waals surface area contributed by atoms with E-state index in [9.17, 15) is 13.6 Å². The molecular weight excluding hydrogens is 246 g/mol. The molecule has 0 aliphatic heterocycles. The summed E-state index contributed by atoms with van der Waals surface area (Å²) in [5, 5.41) is 8.88. The van der Waals surface area contributed by atoms with E-state index in [2.05, 4.69) is 4.74 Å². The van der Waals surface area contributed by atoms with Crippen LogP contribution in [-0.2, 0) is 16.1 Å². The lowest BCUT2D eigenvalue weighted by Gasteiger charge is -2.11. The van der Waals surface area contributed by atoms with Crippen molar-refractivity contribution in [2.75, 3.05) is 13.2 Å². The number of carbonyl (C=O) groups is 1. The summed E-state index contributed by atoms with van der Waals surface area (Å²) in [6.45, 7) is 2.02. The fourth-order valence-electron chi connectivity index (χ4n) is 1.40. The Morgan fingerprint density at radius 3 is 2.67 bits per heavy atom. The van der Waals surface area contributed by atoms with Crippen molar-refractivity contribution in [3.05, 3.63) is 28.8 Å². The van der Waals surface area contributed by atoms with Crippen molar-refractivity contribution in [2.45, 2.75) is 20.5 Å². The van der Waals surface area contributed by atoms with E-state index < -0.39 is 30.8 Å². The summed E-state index contributed by atoms with van der Waals surface area (Å²) in [5.74, 6) is -2.63. The van der Waals surface area contributed by atoms with Gasteiger partial charge in [0.05, 0.1) is 13.2 Å². The van der Waals surface area contributed by atoms with Gasteiger partial charge >= 0.3 is 5.97 Å². The molecule has 100 valence electrons. The maximum atomic E-state index is 13.7. The van der Waals surface area contributed by atoms with Gasteiger partial charge in [0.1, 0.15) is 5.82 Å². The number of hydrogen-bond acceptors (Lipinski definition) is 4. The minimum absolute atomic E-state index is 0.0450. The second kappa shape index (κ2) is 6.30.